The van der Waals surface area contributed by atoms with Crippen LogP contribution in [-0.4, -0.2) is 28.7 Å². The molecule has 1 N–H and O–H groups in total. The normalized spacial score (nSPS) is 10.8. The van der Waals surface area contributed by atoms with E-state index in [9.17, 15) is 14.4 Å². The van der Waals surface area contributed by atoms with Crippen LogP contribution in [-0.2, 0) is 16.1 Å². The molecule has 0 aliphatic rings. The van der Waals surface area contributed by atoms with Crippen LogP contribution in [0.3, 0.4) is 0 Å². The number of ketones is 2. The zero-order chi connectivity index (χ0) is 22.9. The second-order valence-corrected chi connectivity index (χ2v) is 7.33. The van der Waals surface area contributed by atoms with Gasteiger partial charge in [0.25, 0.3) is 5.78 Å². The van der Waals surface area contributed by atoms with Crippen LogP contribution in [0.25, 0.3) is 0 Å². The van der Waals surface area contributed by atoms with E-state index < -0.39 is 11.8 Å². The Labute approximate surface area is 186 Å². The van der Waals surface area contributed by atoms with Crippen molar-refractivity contribution in [2.45, 2.75) is 20.5 Å². The summed E-state index contributed by atoms with van der Waals surface area (Å²) in [4.78, 5) is 40.3. The summed E-state index contributed by atoms with van der Waals surface area (Å²) in [6.45, 7) is 3.72. The number of Topliss-reactive ketones (excluding diaryl/α,β-unsaturated/α-hetero) is 2. The van der Waals surface area contributed by atoms with E-state index in [0.717, 1.165) is 11.1 Å². The Kier molecular flexibility index (Phi) is 7.59. The molecule has 2 aromatic carbocycles. The summed E-state index contributed by atoms with van der Waals surface area (Å²) in [5, 5.41) is 4.10. The number of hydrazone groups is 1. The van der Waals surface area contributed by atoms with Crippen molar-refractivity contribution < 1.29 is 19.1 Å². The van der Waals surface area contributed by atoms with E-state index >= 15 is 0 Å². The van der Waals surface area contributed by atoms with Gasteiger partial charge in [0.2, 0.25) is 0 Å². The molecule has 3 aromatic rings. The Hall–Kier alpha value is -4.13. The molecule has 32 heavy (non-hydrogen) atoms. The van der Waals surface area contributed by atoms with Crippen LogP contribution in [0.15, 0.2) is 78.0 Å². The molecule has 0 spiro atoms. The zero-order valence-electron chi connectivity index (χ0n) is 17.8. The van der Waals surface area contributed by atoms with E-state index in [1.165, 1.54) is 18.3 Å². The molecule has 3 rings (SSSR count). The van der Waals surface area contributed by atoms with Crippen LogP contribution in [0.1, 0.15) is 45.7 Å². The third-order valence-corrected chi connectivity index (χ3v) is 4.54. The van der Waals surface area contributed by atoms with Crippen molar-refractivity contribution in [2.75, 3.05) is 5.43 Å². The van der Waals surface area contributed by atoms with E-state index in [1.54, 1.807) is 30.5 Å². The Balaban J connectivity index is 1.52. The fraction of sp³-hybridized carbons (Fsp3) is 0.160. The molecule has 7 heteroatoms. The molecular weight excluding hydrogens is 406 g/mol. The number of hydrogen-bond donors (Lipinski definition) is 1. The van der Waals surface area contributed by atoms with Crippen molar-refractivity contribution in [3.8, 4) is 0 Å². The number of nitrogens with one attached hydrogen (secondary N) is 1. The summed E-state index contributed by atoms with van der Waals surface area (Å²) >= 11 is 0. The summed E-state index contributed by atoms with van der Waals surface area (Å²) < 4.78 is 5.07. The van der Waals surface area contributed by atoms with E-state index in [0.29, 0.717) is 11.4 Å². The van der Waals surface area contributed by atoms with Gasteiger partial charge in [0.15, 0.2) is 5.78 Å². The average molecular weight is 429 g/mol. The lowest BCUT2D eigenvalue weighted by atomic mass is 10.0. The van der Waals surface area contributed by atoms with Gasteiger partial charge in [-0.05, 0) is 23.3 Å². The Morgan fingerprint density at radius 3 is 2.28 bits per heavy atom. The number of nitrogens with zero attached hydrogens (tertiary/aromatic N) is 2. The zero-order valence-corrected chi connectivity index (χ0v) is 17.8. The molecule has 0 atom stereocenters. The molecule has 0 aliphatic carbocycles. The highest BCUT2D eigenvalue weighted by Crippen LogP contribution is 2.11. The van der Waals surface area contributed by atoms with Gasteiger partial charge in [-0.2, -0.15) is 5.10 Å². The highest BCUT2D eigenvalue weighted by Gasteiger charge is 2.17. The van der Waals surface area contributed by atoms with Crippen molar-refractivity contribution in [3.05, 3.63) is 95.2 Å². The van der Waals surface area contributed by atoms with Crippen LogP contribution in [0.2, 0.25) is 0 Å². The number of carbonyl (C=O) groups excluding carboxylic acids is 3. The van der Waals surface area contributed by atoms with E-state index in [2.05, 4.69) is 15.5 Å². The molecular formula is C25H23N3O4. The Morgan fingerprint density at radius 1 is 0.969 bits per heavy atom. The summed E-state index contributed by atoms with van der Waals surface area (Å²) in [7, 11) is 0. The van der Waals surface area contributed by atoms with Crippen LogP contribution in [0.4, 0.5) is 5.82 Å². The first-order chi connectivity index (χ1) is 15.4. The second kappa shape index (κ2) is 10.8. The van der Waals surface area contributed by atoms with Gasteiger partial charge in [-0.25, -0.2) is 9.78 Å². The average Bonchev–Trinajstić information content (AvgIpc) is 2.83. The highest BCUT2D eigenvalue weighted by molar-refractivity contribution is 6.40. The standard InChI is InChI=1S/C25H23N3O4/c1-17(2)23(29)21-12-13-22(26-15-21)28-27-14-18-8-10-20(11-9-18)24(30)25(31)32-16-19-6-4-3-5-7-19/h3-15,17H,16H2,1-2H3,(H,26,28)/b27-14-. The van der Waals surface area contributed by atoms with Crippen molar-refractivity contribution in [1.29, 1.82) is 0 Å². The molecule has 0 saturated carbocycles. The number of rotatable bonds is 9. The third kappa shape index (κ3) is 6.18. The predicted molar refractivity (Wildman–Crippen MR) is 122 cm³/mol. The first-order valence-corrected chi connectivity index (χ1v) is 10.1. The lowest BCUT2D eigenvalue weighted by Gasteiger charge is -2.05. The number of anilines is 1. The molecule has 0 saturated heterocycles. The molecule has 162 valence electrons. The molecule has 1 aromatic heterocycles. The van der Waals surface area contributed by atoms with Crippen LogP contribution < -0.4 is 5.43 Å². The second-order valence-electron chi connectivity index (χ2n) is 7.33. The minimum atomic E-state index is -0.901. The quantitative estimate of drug-likeness (QED) is 0.179. The molecule has 7 nitrogen and oxygen atoms in total. The maximum Gasteiger partial charge on any atom is 0.380 e. The molecule has 1 heterocycles. The van der Waals surface area contributed by atoms with Gasteiger partial charge in [0.05, 0.1) is 6.21 Å². The van der Waals surface area contributed by atoms with E-state index in [-0.39, 0.29) is 23.9 Å². The SMILES string of the molecule is CC(C)C(=O)c1ccc(N/N=C\c2ccc(C(=O)C(=O)OCc3ccccc3)cc2)nc1. The monoisotopic (exact) mass is 429 g/mol. The lowest BCUT2D eigenvalue weighted by molar-refractivity contribution is -0.139. The summed E-state index contributed by atoms with van der Waals surface area (Å²) in [5.41, 5.74) is 5.10. The number of benzene rings is 2. The van der Waals surface area contributed by atoms with Gasteiger partial charge in [0, 0.05) is 23.2 Å². The number of ether oxygens (including phenoxy) is 1. The van der Waals surface area contributed by atoms with Gasteiger partial charge in [-0.1, -0.05) is 68.4 Å². The Morgan fingerprint density at radius 2 is 1.66 bits per heavy atom. The van der Waals surface area contributed by atoms with Gasteiger partial charge in [-0.15, -0.1) is 0 Å². The fourth-order valence-corrected chi connectivity index (χ4v) is 2.74. The van der Waals surface area contributed by atoms with Crippen molar-refractivity contribution in [2.24, 2.45) is 11.0 Å². The van der Waals surface area contributed by atoms with Gasteiger partial charge in [0.1, 0.15) is 12.4 Å². The van der Waals surface area contributed by atoms with Gasteiger partial charge >= 0.3 is 5.97 Å². The van der Waals surface area contributed by atoms with Crippen molar-refractivity contribution in [1.82, 2.24) is 4.98 Å². The molecule has 0 radical (unpaired) electrons. The Bertz CT molecular complexity index is 1110. The molecule has 0 fully saturated rings. The highest BCUT2D eigenvalue weighted by atomic mass is 16.5. The number of aromatic nitrogens is 1. The number of hydrogen-bond acceptors (Lipinski definition) is 7. The third-order valence-electron chi connectivity index (χ3n) is 4.54. The first-order valence-electron chi connectivity index (χ1n) is 10.1. The summed E-state index contributed by atoms with van der Waals surface area (Å²) in [6, 6.07) is 18.9. The summed E-state index contributed by atoms with van der Waals surface area (Å²) in [5.74, 6) is -1.17. The first kappa shape index (κ1) is 22.6. The molecule has 0 bridgehead atoms. The minimum absolute atomic E-state index is 0.0335. The fourth-order valence-electron chi connectivity index (χ4n) is 2.74. The van der Waals surface area contributed by atoms with Crippen molar-refractivity contribution >= 4 is 29.6 Å². The number of esters is 1. The largest absolute Gasteiger partial charge is 0.455 e. The summed E-state index contributed by atoms with van der Waals surface area (Å²) in [6.07, 6.45) is 3.06. The van der Waals surface area contributed by atoms with Crippen LogP contribution in [0.5, 0.6) is 0 Å². The van der Waals surface area contributed by atoms with Crippen LogP contribution in [0, 0.1) is 5.92 Å². The maximum absolute atomic E-state index is 12.2. The van der Waals surface area contributed by atoms with Gasteiger partial charge < -0.3 is 4.74 Å². The van der Waals surface area contributed by atoms with Gasteiger partial charge in [-0.3, -0.25) is 15.0 Å². The van der Waals surface area contributed by atoms with Crippen molar-refractivity contribution in [3.63, 3.8) is 0 Å². The smallest absolute Gasteiger partial charge is 0.380 e. The van der Waals surface area contributed by atoms with Crippen LogP contribution >= 0.6 is 0 Å². The molecule has 0 aliphatic heterocycles. The van der Waals surface area contributed by atoms with E-state index in [1.807, 2.05) is 44.2 Å². The molecule has 0 unspecified atom stereocenters. The molecule has 0 amide bonds. The minimum Gasteiger partial charge on any atom is -0.455 e. The topological polar surface area (TPSA) is 97.7 Å². The van der Waals surface area contributed by atoms with E-state index in [4.69, 9.17) is 4.74 Å². The lowest BCUT2D eigenvalue weighted by Crippen LogP contribution is -2.17. The maximum atomic E-state index is 12.2. The number of pyridine rings is 1. The predicted octanol–water partition coefficient (Wildman–Crippen LogP) is 4.29. The number of carbonyl (C=O) groups is 3.